The molecule has 2 rings (SSSR count). The topological polar surface area (TPSA) is 32.8 Å². The summed E-state index contributed by atoms with van der Waals surface area (Å²) in [6.45, 7) is 7.34. The van der Waals surface area contributed by atoms with Gasteiger partial charge in [0.15, 0.2) is 6.29 Å². The molecule has 2 aliphatic rings. The van der Waals surface area contributed by atoms with Gasteiger partial charge in [0.25, 0.3) is 6.36 Å². The van der Waals surface area contributed by atoms with Crippen LogP contribution in [0.5, 0.6) is 0 Å². The molecule has 15 heavy (non-hydrogen) atoms. The van der Waals surface area contributed by atoms with Gasteiger partial charge in [0.05, 0.1) is 6.04 Å². The van der Waals surface area contributed by atoms with Gasteiger partial charge in [-0.3, -0.25) is 4.79 Å². The fraction of sp³-hybridized carbons (Fsp3) is 0.500. The van der Waals surface area contributed by atoms with Crippen molar-refractivity contribution >= 4 is 6.29 Å². The van der Waals surface area contributed by atoms with Gasteiger partial charge < -0.3 is 4.90 Å². The smallest absolute Gasteiger partial charge is 0.278 e. The normalized spacial score (nSPS) is 26.7. The van der Waals surface area contributed by atoms with E-state index < -0.39 is 6.36 Å². The zero-order valence-corrected chi connectivity index (χ0v) is 8.52. The van der Waals surface area contributed by atoms with Crippen LogP contribution in [0.25, 0.3) is 0 Å². The molecule has 5 heteroatoms. The van der Waals surface area contributed by atoms with E-state index in [1.165, 1.54) is 10.6 Å². The zero-order valence-electron chi connectivity index (χ0n) is 8.52. The van der Waals surface area contributed by atoms with E-state index in [-0.39, 0.29) is 12.3 Å². The highest BCUT2D eigenvalue weighted by Gasteiger charge is 2.36. The number of nitrogens with zero attached hydrogens (tertiary/aromatic N) is 2. The fourth-order valence-electron chi connectivity index (χ4n) is 1.97. The summed E-state index contributed by atoms with van der Waals surface area (Å²) in [4.78, 5) is 17.0. The van der Waals surface area contributed by atoms with Gasteiger partial charge in [-0.15, -0.1) is 0 Å². The molecule has 0 N–H and O–H groups in total. The van der Waals surface area contributed by atoms with Crippen molar-refractivity contribution in [2.24, 2.45) is 0 Å². The highest BCUT2D eigenvalue weighted by atomic mass is 19.1. The third kappa shape index (κ3) is 1.74. The van der Waals surface area contributed by atoms with Crippen LogP contribution in [-0.2, 0) is 9.63 Å². The molecule has 2 aliphatic heterocycles. The molecule has 0 spiro atoms. The second kappa shape index (κ2) is 3.66. The lowest BCUT2D eigenvalue weighted by molar-refractivity contribution is -0.212. The molecule has 0 aromatic heterocycles. The predicted molar refractivity (Wildman–Crippen MR) is 52.1 cm³/mol. The van der Waals surface area contributed by atoms with Gasteiger partial charge in [0, 0.05) is 13.1 Å². The van der Waals surface area contributed by atoms with Crippen LogP contribution in [0.2, 0.25) is 0 Å². The molecule has 0 amide bonds. The molecule has 1 fully saturated rings. The van der Waals surface area contributed by atoms with Crippen LogP contribution in [0.15, 0.2) is 24.0 Å². The highest BCUT2D eigenvalue weighted by molar-refractivity contribution is 5.53. The van der Waals surface area contributed by atoms with Crippen molar-refractivity contribution in [3.63, 3.8) is 0 Å². The Labute approximate surface area is 87.5 Å². The molecular formula is C10H13FN2O2. The molecule has 2 atom stereocenters. The number of halogens is 1. The minimum atomic E-state index is -1.92. The van der Waals surface area contributed by atoms with Gasteiger partial charge in [0.1, 0.15) is 5.82 Å². The van der Waals surface area contributed by atoms with Crippen molar-refractivity contribution in [2.75, 3.05) is 13.1 Å². The molecule has 2 heterocycles. The minimum Gasteiger partial charge on any atom is -0.351 e. The van der Waals surface area contributed by atoms with E-state index in [0.717, 1.165) is 13.1 Å². The number of alkyl halides is 1. The molecule has 82 valence electrons. The van der Waals surface area contributed by atoms with Gasteiger partial charge in [0.2, 0.25) is 0 Å². The summed E-state index contributed by atoms with van der Waals surface area (Å²) in [5.41, 5.74) is 1.19. The van der Waals surface area contributed by atoms with E-state index in [2.05, 4.69) is 6.58 Å². The predicted octanol–water partition coefficient (Wildman–Crippen LogP) is 0.830. The Morgan fingerprint density at radius 3 is 3.20 bits per heavy atom. The number of hydrogen-bond acceptors (Lipinski definition) is 4. The molecule has 0 aromatic rings. The average Bonchev–Trinajstić information content (AvgIpc) is 2.42. The second-order valence-corrected chi connectivity index (χ2v) is 3.80. The highest BCUT2D eigenvalue weighted by Crippen LogP contribution is 2.29. The van der Waals surface area contributed by atoms with Crippen molar-refractivity contribution in [3.8, 4) is 0 Å². The number of carbonyl (C=O) groups is 1. The summed E-state index contributed by atoms with van der Waals surface area (Å²) in [6, 6.07) is -0.0375. The number of rotatable bonds is 3. The van der Waals surface area contributed by atoms with Crippen LogP contribution in [0, 0.1) is 0 Å². The van der Waals surface area contributed by atoms with E-state index in [4.69, 9.17) is 4.84 Å². The fourth-order valence-corrected chi connectivity index (χ4v) is 1.97. The lowest BCUT2D eigenvalue weighted by Gasteiger charge is -2.22. The number of carbonyl (C=O) groups excluding carboxylic acids is 1. The van der Waals surface area contributed by atoms with Crippen LogP contribution in [0.3, 0.4) is 0 Å². The Bertz CT molecular complexity index is 329. The molecule has 2 unspecified atom stereocenters. The second-order valence-electron chi connectivity index (χ2n) is 3.80. The van der Waals surface area contributed by atoms with Gasteiger partial charge >= 0.3 is 0 Å². The first-order valence-electron chi connectivity index (χ1n) is 4.78. The first-order valence-corrected chi connectivity index (χ1v) is 4.78. The van der Waals surface area contributed by atoms with Crippen molar-refractivity contribution < 1.29 is 14.0 Å². The lowest BCUT2D eigenvalue weighted by atomic mass is 10.1. The Morgan fingerprint density at radius 1 is 1.80 bits per heavy atom. The molecule has 0 aromatic carbocycles. The third-order valence-corrected chi connectivity index (χ3v) is 2.57. The SMILES string of the molecule is C=C1N2CC(C)=CC(C2)N1OC(F)C=O. The van der Waals surface area contributed by atoms with E-state index in [9.17, 15) is 9.18 Å². The molecule has 0 aliphatic carbocycles. The van der Waals surface area contributed by atoms with Crippen molar-refractivity contribution in [1.82, 2.24) is 9.96 Å². The van der Waals surface area contributed by atoms with Gasteiger partial charge in [-0.05, 0) is 6.92 Å². The van der Waals surface area contributed by atoms with Crippen LogP contribution in [-0.4, -0.2) is 41.7 Å². The van der Waals surface area contributed by atoms with Crippen molar-refractivity contribution in [3.05, 3.63) is 24.0 Å². The Kier molecular flexibility index (Phi) is 2.48. The maximum atomic E-state index is 12.8. The van der Waals surface area contributed by atoms with Gasteiger partial charge in [-0.1, -0.05) is 18.2 Å². The van der Waals surface area contributed by atoms with Gasteiger partial charge in [-0.25, -0.2) is 14.3 Å². The first-order chi connectivity index (χ1) is 7.11. The lowest BCUT2D eigenvalue weighted by Crippen LogP contribution is -2.32. The van der Waals surface area contributed by atoms with Crippen LogP contribution >= 0.6 is 0 Å². The molecule has 1 saturated heterocycles. The van der Waals surface area contributed by atoms with Crippen LogP contribution in [0.1, 0.15) is 6.92 Å². The first kappa shape index (κ1) is 10.2. The number of aldehydes is 1. The Morgan fingerprint density at radius 2 is 2.53 bits per heavy atom. The van der Waals surface area contributed by atoms with Crippen molar-refractivity contribution in [2.45, 2.75) is 19.3 Å². The Balaban J connectivity index is 2.13. The minimum absolute atomic E-state index is 0.0375. The quantitative estimate of drug-likeness (QED) is 0.512. The zero-order chi connectivity index (χ0) is 11.0. The molecular weight excluding hydrogens is 199 g/mol. The van der Waals surface area contributed by atoms with Gasteiger partial charge in [-0.2, -0.15) is 0 Å². The van der Waals surface area contributed by atoms with E-state index in [1.54, 1.807) is 0 Å². The standard InChI is InChI=1S/C10H13FN2O2/c1-7-3-9-5-12(4-7)8(2)13(9)15-10(11)6-14/h3,6,9-10H,2,4-5H2,1H3. The summed E-state index contributed by atoms with van der Waals surface area (Å²) in [6.07, 6.45) is 0.212. The molecule has 0 saturated carbocycles. The van der Waals surface area contributed by atoms with E-state index in [0.29, 0.717) is 5.82 Å². The summed E-state index contributed by atoms with van der Waals surface area (Å²) >= 11 is 0. The number of hydroxylamine groups is 2. The Hall–Kier alpha value is -1.36. The molecule has 2 bridgehead atoms. The molecule has 4 nitrogen and oxygen atoms in total. The van der Waals surface area contributed by atoms with Crippen LogP contribution in [0.4, 0.5) is 4.39 Å². The van der Waals surface area contributed by atoms with E-state index >= 15 is 0 Å². The van der Waals surface area contributed by atoms with Crippen molar-refractivity contribution in [1.29, 1.82) is 0 Å². The summed E-state index contributed by atoms with van der Waals surface area (Å²) in [5.74, 6) is 0.609. The maximum Gasteiger partial charge on any atom is 0.278 e. The number of fused-ring (bicyclic) bond motifs is 2. The molecule has 0 radical (unpaired) electrons. The summed E-state index contributed by atoms with van der Waals surface area (Å²) < 4.78 is 12.8. The monoisotopic (exact) mass is 212 g/mol. The van der Waals surface area contributed by atoms with Crippen LogP contribution < -0.4 is 0 Å². The summed E-state index contributed by atoms with van der Waals surface area (Å²) in [7, 11) is 0. The van der Waals surface area contributed by atoms with E-state index in [1.807, 2.05) is 17.9 Å². The number of hydrogen-bond donors (Lipinski definition) is 0. The average molecular weight is 212 g/mol. The largest absolute Gasteiger partial charge is 0.351 e. The maximum absolute atomic E-state index is 12.8. The summed E-state index contributed by atoms with van der Waals surface area (Å²) in [5, 5.41) is 1.37. The third-order valence-electron chi connectivity index (χ3n) is 2.57.